The van der Waals surface area contributed by atoms with Crippen molar-refractivity contribution in [3.8, 4) is 0 Å². The first-order valence-electron chi connectivity index (χ1n) is 8.94. The zero-order valence-corrected chi connectivity index (χ0v) is 17.4. The van der Waals surface area contributed by atoms with Gasteiger partial charge in [0.2, 0.25) is 5.91 Å². The van der Waals surface area contributed by atoms with Crippen molar-refractivity contribution in [2.75, 3.05) is 21.3 Å². The Morgan fingerprint density at radius 2 is 1.30 bits per heavy atom. The number of esters is 3. The number of rotatable bonds is 8. The minimum absolute atomic E-state index is 0.109. The Balaban J connectivity index is 3.27. The van der Waals surface area contributed by atoms with Gasteiger partial charge in [-0.3, -0.25) is 14.4 Å². The Morgan fingerprint density at radius 1 is 0.818 bits per heavy atom. The van der Waals surface area contributed by atoms with Gasteiger partial charge in [-0.1, -0.05) is 0 Å². The van der Waals surface area contributed by atoms with Crippen LogP contribution in [0.5, 0.6) is 0 Å². The minimum Gasteiger partial charge on any atom is -0.469 e. The van der Waals surface area contributed by atoms with Crippen LogP contribution in [0, 0.1) is 5.92 Å². The second-order valence-electron chi connectivity index (χ2n) is 6.57. The Bertz CT molecular complexity index is 865. The van der Waals surface area contributed by atoms with Crippen LogP contribution in [-0.4, -0.2) is 51.2 Å². The lowest BCUT2D eigenvalue weighted by Crippen LogP contribution is -2.50. The molecule has 33 heavy (non-hydrogen) atoms. The number of carbonyl (C=O) groups is 4. The molecule has 0 radical (unpaired) electrons. The molecule has 0 saturated carbocycles. The van der Waals surface area contributed by atoms with Gasteiger partial charge in [0.1, 0.15) is 6.04 Å². The van der Waals surface area contributed by atoms with Gasteiger partial charge in [-0.2, -0.15) is 26.3 Å². The highest BCUT2D eigenvalue weighted by atomic mass is 19.4. The van der Waals surface area contributed by atoms with Crippen LogP contribution in [0.4, 0.5) is 26.3 Å². The lowest BCUT2D eigenvalue weighted by molar-refractivity contribution is -0.159. The van der Waals surface area contributed by atoms with E-state index < -0.39 is 77.7 Å². The minimum atomic E-state index is -5.13. The number of methoxy groups -OCH3 is 3. The predicted molar refractivity (Wildman–Crippen MR) is 96.2 cm³/mol. The first-order valence-corrected chi connectivity index (χ1v) is 8.94. The van der Waals surface area contributed by atoms with Crippen LogP contribution in [0.3, 0.4) is 0 Å². The van der Waals surface area contributed by atoms with Gasteiger partial charge in [0.05, 0.1) is 51.2 Å². The van der Waals surface area contributed by atoms with Crippen molar-refractivity contribution >= 4 is 23.8 Å². The molecule has 1 aromatic carbocycles. The van der Waals surface area contributed by atoms with Gasteiger partial charge in [0.15, 0.2) is 0 Å². The normalized spacial score (nSPS) is 13.5. The van der Waals surface area contributed by atoms with Gasteiger partial charge >= 0.3 is 30.3 Å². The number of amides is 1. The first-order chi connectivity index (χ1) is 15.1. The number of nitrogens with one attached hydrogen (secondary N) is 1. The summed E-state index contributed by atoms with van der Waals surface area (Å²) in [6.45, 7) is 0. The van der Waals surface area contributed by atoms with Gasteiger partial charge < -0.3 is 19.5 Å². The number of ether oxygens (including phenoxy) is 3. The molecule has 8 nitrogen and oxygen atoms in total. The molecule has 1 N–H and O–H groups in total. The maximum absolute atomic E-state index is 13.0. The van der Waals surface area contributed by atoms with Crippen LogP contribution >= 0.6 is 0 Å². The fourth-order valence-electron chi connectivity index (χ4n) is 2.73. The van der Waals surface area contributed by atoms with E-state index in [1.165, 1.54) is 0 Å². The number of hydrogen-bond acceptors (Lipinski definition) is 7. The summed E-state index contributed by atoms with van der Waals surface area (Å²) in [5.74, 6) is -6.19. The van der Waals surface area contributed by atoms with Crippen LogP contribution in [-0.2, 0) is 52.2 Å². The van der Waals surface area contributed by atoms with Crippen LogP contribution in [0.2, 0.25) is 0 Å². The van der Waals surface area contributed by atoms with Crippen molar-refractivity contribution in [3.63, 3.8) is 0 Å². The molecule has 1 aromatic rings. The molecule has 0 fully saturated rings. The van der Waals surface area contributed by atoms with E-state index in [-0.39, 0.29) is 6.07 Å². The van der Waals surface area contributed by atoms with Gasteiger partial charge in [0.25, 0.3) is 0 Å². The Hall–Kier alpha value is -3.32. The fraction of sp³-hybridized carbons (Fsp3) is 0.474. The van der Waals surface area contributed by atoms with Crippen molar-refractivity contribution in [2.45, 2.75) is 31.2 Å². The third-order valence-corrected chi connectivity index (χ3v) is 4.30. The molecule has 0 heterocycles. The molecular weight excluding hydrogens is 468 g/mol. The molecule has 0 aliphatic rings. The average Bonchev–Trinajstić information content (AvgIpc) is 2.73. The molecule has 0 spiro atoms. The van der Waals surface area contributed by atoms with E-state index in [9.17, 15) is 45.5 Å². The van der Waals surface area contributed by atoms with Crippen LogP contribution in [0.15, 0.2) is 18.2 Å². The van der Waals surface area contributed by atoms with Crippen molar-refractivity contribution < 1.29 is 59.7 Å². The highest BCUT2D eigenvalue weighted by Crippen LogP contribution is 2.36. The maximum Gasteiger partial charge on any atom is 0.416 e. The topological polar surface area (TPSA) is 108 Å². The SMILES string of the molecule is COC(=O)C[C@@H](C(=O)OC)[C@@H](NC(=O)Cc1cc(C(F)(F)F)cc(C(F)(F)F)c1)C(=O)OC. The summed E-state index contributed by atoms with van der Waals surface area (Å²) in [4.78, 5) is 48.1. The predicted octanol–water partition coefficient (Wildman–Crippen LogP) is 2.28. The second kappa shape index (κ2) is 11.0. The number of halogens is 6. The van der Waals surface area contributed by atoms with Crippen molar-refractivity contribution in [1.29, 1.82) is 0 Å². The standard InChI is InChI=1S/C19H19F6NO7/c1-31-14(28)8-12(16(29)32-2)15(17(30)33-3)26-13(27)6-9-4-10(18(20,21)22)7-11(5-9)19(23,24)25/h4-5,7,12,15H,6,8H2,1-3H3,(H,26,27)/t12-,15-/m1/s1. The van der Waals surface area contributed by atoms with E-state index in [4.69, 9.17) is 0 Å². The molecular formula is C19H19F6NO7. The van der Waals surface area contributed by atoms with Crippen LogP contribution in [0.1, 0.15) is 23.1 Å². The van der Waals surface area contributed by atoms with Gasteiger partial charge in [-0.05, 0) is 23.8 Å². The lowest BCUT2D eigenvalue weighted by atomic mass is 9.95. The van der Waals surface area contributed by atoms with Gasteiger partial charge in [0, 0.05) is 0 Å². The molecule has 0 aliphatic carbocycles. The maximum atomic E-state index is 13.0. The van der Waals surface area contributed by atoms with Crippen molar-refractivity contribution in [1.82, 2.24) is 5.32 Å². The summed E-state index contributed by atoms with van der Waals surface area (Å²) >= 11 is 0. The van der Waals surface area contributed by atoms with E-state index in [2.05, 4.69) is 14.2 Å². The smallest absolute Gasteiger partial charge is 0.416 e. The van der Waals surface area contributed by atoms with Crippen LogP contribution in [0.25, 0.3) is 0 Å². The zero-order valence-electron chi connectivity index (χ0n) is 17.4. The molecule has 0 aromatic heterocycles. The summed E-state index contributed by atoms with van der Waals surface area (Å²) in [7, 11) is 2.79. The molecule has 184 valence electrons. The second-order valence-corrected chi connectivity index (χ2v) is 6.57. The lowest BCUT2D eigenvalue weighted by Gasteiger charge is -2.23. The van der Waals surface area contributed by atoms with E-state index >= 15 is 0 Å². The van der Waals surface area contributed by atoms with E-state index in [1.807, 2.05) is 5.32 Å². The molecule has 0 bridgehead atoms. The molecule has 0 unspecified atom stereocenters. The number of hydrogen-bond donors (Lipinski definition) is 1. The number of carbonyl (C=O) groups excluding carboxylic acids is 4. The summed E-state index contributed by atoms with van der Waals surface area (Å²) < 4.78 is 91.4. The van der Waals surface area contributed by atoms with E-state index in [0.29, 0.717) is 12.1 Å². The van der Waals surface area contributed by atoms with Crippen molar-refractivity contribution in [3.05, 3.63) is 34.9 Å². The summed E-state index contributed by atoms with van der Waals surface area (Å²) in [6, 6.07) is -1.27. The van der Waals surface area contributed by atoms with Gasteiger partial charge in [-0.15, -0.1) is 0 Å². The van der Waals surface area contributed by atoms with Crippen LogP contribution < -0.4 is 5.32 Å². The monoisotopic (exact) mass is 487 g/mol. The Labute approximate surface area is 183 Å². The molecule has 1 amide bonds. The van der Waals surface area contributed by atoms with E-state index in [0.717, 1.165) is 21.3 Å². The van der Waals surface area contributed by atoms with E-state index in [1.54, 1.807) is 0 Å². The third-order valence-electron chi connectivity index (χ3n) is 4.30. The molecule has 2 atom stereocenters. The number of alkyl halides is 6. The summed E-state index contributed by atoms with van der Waals surface area (Å²) in [5.41, 5.74) is -3.94. The number of benzene rings is 1. The zero-order chi connectivity index (χ0) is 25.6. The summed E-state index contributed by atoms with van der Waals surface area (Å²) in [6.07, 6.45) is -12.0. The molecule has 1 rings (SSSR count). The highest BCUT2D eigenvalue weighted by molar-refractivity contribution is 5.91. The first kappa shape index (κ1) is 27.7. The summed E-state index contributed by atoms with van der Waals surface area (Å²) in [5, 5.41) is 1.99. The average molecular weight is 487 g/mol. The largest absolute Gasteiger partial charge is 0.469 e. The fourth-order valence-corrected chi connectivity index (χ4v) is 2.73. The Kier molecular flexibility index (Phi) is 9.24. The van der Waals surface area contributed by atoms with Crippen molar-refractivity contribution in [2.24, 2.45) is 5.92 Å². The quantitative estimate of drug-likeness (QED) is 0.341. The molecule has 0 aliphatic heterocycles. The molecule has 14 heteroatoms. The van der Waals surface area contributed by atoms with Gasteiger partial charge in [-0.25, -0.2) is 4.79 Å². The Morgan fingerprint density at radius 3 is 1.70 bits per heavy atom. The highest BCUT2D eigenvalue weighted by Gasteiger charge is 2.40. The molecule has 0 saturated heterocycles. The third kappa shape index (κ3) is 7.95.